The third-order valence-electron chi connectivity index (χ3n) is 6.80. The molecule has 0 saturated heterocycles. The van der Waals surface area contributed by atoms with E-state index in [1.54, 1.807) is 12.1 Å². The fourth-order valence-corrected chi connectivity index (χ4v) is 4.94. The lowest BCUT2D eigenvalue weighted by Gasteiger charge is -2.20. The summed E-state index contributed by atoms with van der Waals surface area (Å²) in [6.07, 6.45) is 5.02. The first-order valence-corrected chi connectivity index (χ1v) is 12.6. The van der Waals surface area contributed by atoms with E-state index in [1.807, 2.05) is 12.1 Å². The summed E-state index contributed by atoms with van der Waals surface area (Å²) in [7, 11) is 1.01. The second kappa shape index (κ2) is 11.3. The van der Waals surface area contributed by atoms with Crippen molar-refractivity contribution in [2.24, 2.45) is 0 Å². The lowest BCUT2D eigenvalue weighted by molar-refractivity contribution is 0.347. The molecule has 0 heterocycles. The molecule has 37 heavy (non-hydrogen) atoms. The average Bonchev–Trinajstić information content (AvgIpc) is 2.89. The van der Waals surface area contributed by atoms with Crippen molar-refractivity contribution in [3.05, 3.63) is 88.7 Å². The first-order valence-electron chi connectivity index (χ1n) is 12.6. The fraction of sp³-hybridized carbons (Fsp3) is 0.290. The predicted molar refractivity (Wildman–Crippen MR) is 138 cm³/mol. The van der Waals surface area contributed by atoms with E-state index >= 15 is 8.78 Å². The van der Waals surface area contributed by atoms with Gasteiger partial charge in [-0.3, -0.25) is 0 Å². The van der Waals surface area contributed by atoms with E-state index in [2.05, 4.69) is 18.6 Å². The van der Waals surface area contributed by atoms with Gasteiger partial charge in [0.25, 0.3) is 0 Å². The number of unbranched alkanes of at least 4 members (excludes halogenated alkanes) is 2. The molecule has 0 aliphatic rings. The molecule has 0 atom stereocenters. The summed E-state index contributed by atoms with van der Waals surface area (Å²) in [6.45, 7) is 4.15. The molecule has 0 spiro atoms. The summed E-state index contributed by atoms with van der Waals surface area (Å²) >= 11 is 0. The molecule has 0 N–H and O–H groups in total. The van der Waals surface area contributed by atoms with E-state index in [-0.39, 0.29) is 5.56 Å². The Labute approximate surface area is 213 Å². The number of ether oxygens (including phenoxy) is 1. The minimum absolute atomic E-state index is 0.295. The van der Waals surface area contributed by atoms with Gasteiger partial charge in [-0.2, -0.15) is 4.39 Å². The Balaban J connectivity index is 1.94. The number of fused-ring (bicyclic) bond motifs is 1. The molecular formula is C31H29F5O. The largest absolute Gasteiger partial charge is 0.491 e. The molecule has 0 saturated carbocycles. The first-order chi connectivity index (χ1) is 17.8. The molecule has 0 amide bonds. The molecule has 0 aliphatic heterocycles. The van der Waals surface area contributed by atoms with Crippen LogP contribution >= 0.6 is 0 Å². The summed E-state index contributed by atoms with van der Waals surface area (Å²) in [5, 5.41) is 1.31. The van der Waals surface area contributed by atoms with Crippen molar-refractivity contribution in [1.29, 1.82) is 0 Å². The topological polar surface area (TPSA) is 9.23 Å². The number of hydrogen-bond donors (Lipinski definition) is 0. The van der Waals surface area contributed by atoms with Crippen molar-refractivity contribution >= 4 is 10.8 Å². The molecule has 0 aromatic heterocycles. The van der Waals surface area contributed by atoms with Gasteiger partial charge in [0.05, 0.1) is 7.11 Å². The monoisotopic (exact) mass is 512 g/mol. The minimum atomic E-state index is -1.54. The van der Waals surface area contributed by atoms with Crippen LogP contribution in [0.4, 0.5) is 22.0 Å². The number of benzene rings is 4. The van der Waals surface area contributed by atoms with Gasteiger partial charge in [0, 0.05) is 22.1 Å². The molecule has 0 radical (unpaired) electrons. The van der Waals surface area contributed by atoms with Gasteiger partial charge in [0.1, 0.15) is 11.6 Å². The van der Waals surface area contributed by atoms with Crippen LogP contribution in [-0.4, -0.2) is 7.11 Å². The van der Waals surface area contributed by atoms with Crippen molar-refractivity contribution in [1.82, 2.24) is 0 Å². The molecule has 4 aromatic rings. The van der Waals surface area contributed by atoms with Crippen molar-refractivity contribution in [3.63, 3.8) is 0 Å². The Bertz CT molecular complexity index is 1440. The fourth-order valence-electron chi connectivity index (χ4n) is 4.94. The van der Waals surface area contributed by atoms with E-state index in [4.69, 9.17) is 0 Å². The van der Waals surface area contributed by atoms with Gasteiger partial charge in [-0.1, -0.05) is 63.1 Å². The third-order valence-corrected chi connectivity index (χ3v) is 6.80. The summed E-state index contributed by atoms with van der Waals surface area (Å²) in [4.78, 5) is 0. The van der Waals surface area contributed by atoms with Crippen LogP contribution in [0.2, 0.25) is 0 Å². The maximum absolute atomic E-state index is 16.1. The van der Waals surface area contributed by atoms with E-state index in [0.29, 0.717) is 29.0 Å². The minimum Gasteiger partial charge on any atom is -0.491 e. The van der Waals surface area contributed by atoms with Crippen LogP contribution in [0.1, 0.15) is 50.7 Å². The SMILES string of the molecule is CCCCc1c(-c2ccc(-c3cc(F)c(OC)c(F)c3F)c(F)c2)c(F)c2ccccc2c1CCCC. The number of aryl methyl sites for hydroxylation is 1. The highest BCUT2D eigenvalue weighted by atomic mass is 19.2. The van der Waals surface area contributed by atoms with E-state index < -0.39 is 40.4 Å². The highest BCUT2D eigenvalue weighted by Crippen LogP contribution is 2.40. The molecule has 0 fully saturated rings. The van der Waals surface area contributed by atoms with E-state index in [0.717, 1.165) is 61.8 Å². The van der Waals surface area contributed by atoms with Crippen LogP contribution in [0.5, 0.6) is 5.75 Å². The maximum Gasteiger partial charge on any atom is 0.204 e. The second-order valence-corrected chi connectivity index (χ2v) is 9.16. The Morgan fingerprint density at radius 1 is 0.649 bits per heavy atom. The van der Waals surface area contributed by atoms with Crippen molar-refractivity contribution in [2.45, 2.75) is 52.4 Å². The van der Waals surface area contributed by atoms with Gasteiger partial charge in [-0.25, -0.2) is 17.6 Å². The summed E-state index contributed by atoms with van der Waals surface area (Å²) in [6, 6.07) is 11.8. The van der Waals surface area contributed by atoms with Gasteiger partial charge in [-0.15, -0.1) is 0 Å². The number of rotatable bonds is 9. The summed E-state index contributed by atoms with van der Waals surface area (Å²) < 4.78 is 79.3. The Morgan fingerprint density at radius 2 is 1.30 bits per heavy atom. The lowest BCUT2D eigenvalue weighted by Crippen LogP contribution is -2.04. The van der Waals surface area contributed by atoms with Gasteiger partial charge in [0.2, 0.25) is 5.82 Å². The molecule has 6 heteroatoms. The lowest BCUT2D eigenvalue weighted by atomic mass is 9.85. The maximum atomic E-state index is 16.1. The van der Waals surface area contributed by atoms with Gasteiger partial charge >= 0.3 is 0 Å². The van der Waals surface area contributed by atoms with E-state index in [1.165, 1.54) is 12.1 Å². The van der Waals surface area contributed by atoms with Gasteiger partial charge < -0.3 is 4.74 Å². The Hall–Kier alpha value is -3.41. The van der Waals surface area contributed by atoms with Crippen LogP contribution in [0.15, 0.2) is 48.5 Å². The van der Waals surface area contributed by atoms with Crippen LogP contribution in [0.25, 0.3) is 33.0 Å². The first kappa shape index (κ1) is 26.6. The van der Waals surface area contributed by atoms with Gasteiger partial charge in [-0.05, 0) is 59.9 Å². The molecule has 4 aromatic carbocycles. The highest BCUT2D eigenvalue weighted by Gasteiger charge is 2.24. The molecule has 4 rings (SSSR count). The number of hydrogen-bond acceptors (Lipinski definition) is 1. The number of methoxy groups -OCH3 is 1. The van der Waals surface area contributed by atoms with Crippen LogP contribution < -0.4 is 4.74 Å². The zero-order valence-corrected chi connectivity index (χ0v) is 21.2. The number of halogens is 5. The zero-order chi connectivity index (χ0) is 26.7. The smallest absolute Gasteiger partial charge is 0.204 e. The standard InChI is InChI=1S/C31H29F5O/c1-4-6-10-19-20-12-8-9-13-23(20)28(34)27(22(19)11-7-5-2)18-14-15-21(25(32)16-18)24-17-26(33)31(37-3)30(36)29(24)35/h8-9,12-17H,4-7,10-11H2,1-3H3. The molecule has 0 bridgehead atoms. The second-order valence-electron chi connectivity index (χ2n) is 9.16. The highest BCUT2D eigenvalue weighted by molar-refractivity contribution is 5.93. The van der Waals surface area contributed by atoms with Crippen molar-refractivity contribution in [2.75, 3.05) is 7.11 Å². The molecule has 0 unspecified atom stereocenters. The summed E-state index contributed by atoms with van der Waals surface area (Å²) in [5.41, 5.74) is 1.60. The zero-order valence-electron chi connectivity index (χ0n) is 21.2. The molecular weight excluding hydrogens is 483 g/mol. The molecule has 194 valence electrons. The Morgan fingerprint density at radius 3 is 1.92 bits per heavy atom. The Kier molecular flexibility index (Phi) is 8.16. The normalized spacial score (nSPS) is 11.4. The van der Waals surface area contributed by atoms with Crippen LogP contribution in [-0.2, 0) is 12.8 Å². The van der Waals surface area contributed by atoms with Crippen LogP contribution in [0, 0.1) is 29.1 Å². The van der Waals surface area contributed by atoms with Crippen molar-refractivity contribution < 1.29 is 26.7 Å². The average molecular weight is 513 g/mol. The molecule has 0 aliphatic carbocycles. The van der Waals surface area contributed by atoms with E-state index in [9.17, 15) is 13.2 Å². The quantitative estimate of drug-likeness (QED) is 0.160. The predicted octanol–water partition coefficient (Wildman–Crippen LogP) is 9.56. The third kappa shape index (κ3) is 4.94. The van der Waals surface area contributed by atoms with Gasteiger partial charge in [0.15, 0.2) is 17.4 Å². The van der Waals surface area contributed by atoms with Crippen molar-refractivity contribution in [3.8, 4) is 28.0 Å². The summed E-state index contributed by atoms with van der Waals surface area (Å²) in [5.74, 6) is -6.35. The molecule has 1 nitrogen and oxygen atoms in total. The van der Waals surface area contributed by atoms with Crippen LogP contribution in [0.3, 0.4) is 0 Å².